The van der Waals surface area contributed by atoms with Crippen LogP contribution in [0.1, 0.15) is 33.4 Å². The molecule has 0 bridgehead atoms. The molecule has 0 aliphatic rings. The summed E-state index contributed by atoms with van der Waals surface area (Å²) in [5.41, 5.74) is 16.3. The predicted octanol–water partition coefficient (Wildman–Crippen LogP) is 13.0. The molecular weight excluding hydrogens is 868 g/mol. The Balaban J connectivity index is 0.00000480. The zero-order valence-corrected chi connectivity index (χ0v) is 34.6. The van der Waals surface area contributed by atoms with E-state index >= 15 is 0 Å². The van der Waals surface area contributed by atoms with Crippen LogP contribution < -0.4 is 9.64 Å². The minimum atomic E-state index is 0. The zero-order chi connectivity index (χ0) is 38.1. The van der Waals surface area contributed by atoms with E-state index in [1.165, 1.54) is 44.5 Å². The summed E-state index contributed by atoms with van der Waals surface area (Å²) in [6.07, 6.45) is 5.83. The molecule has 0 spiro atoms. The SMILES string of the molecule is Cc1cccc(C)c1-c1cc(Oc2[c-]c(N(c3ccccc3)c3cc(-c4c(C)cccc4C)ccn3)ccc2)[c-]c(-c2cn(-c3c(C)cccc3C)cn2)c1.[Pt+2]. The van der Waals surface area contributed by atoms with Crippen molar-refractivity contribution in [1.29, 1.82) is 0 Å². The Kier molecular flexibility index (Phi) is 11.2. The first-order valence-corrected chi connectivity index (χ1v) is 18.6. The van der Waals surface area contributed by atoms with Crippen molar-refractivity contribution in [2.24, 2.45) is 0 Å². The summed E-state index contributed by atoms with van der Waals surface area (Å²) >= 11 is 0. The van der Waals surface area contributed by atoms with Gasteiger partial charge in [0.1, 0.15) is 5.82 Å². The second-order valence-electron chi connectivity index (χ2n) is 14.2. The van der Waals surface area contributed by atoms with E-state index in [2.05, 4.69) is 160 Å². The monoisotopic (exact) mass is 909 g/mol. The molecule has 56 heavy (non-hydrogen) atoms. The third-order valence-corrected chi connectivity index (χ3v) is 10.1. The number of benzene rings is 6. The van der Waals surface area contributed by atoms with Crippen LogP contribution in [0.2, 0.25) is 0 Å². The first-order valence-electron chi connectivity index (χ1n) is 18.6. The molecule has 278 valence electrons. The molecule has 0 aliphatic heterocycles. The summed E-state index contributed by atoms with van der Waals surface area (Å²) < 4.78 is 8.80. The van der Waals surface area contributed by atoms with Crippen LogP contribution in [0.3, 0.4) is 0 Å². The molecule has 0 N–H and O–H groups in total. The van der Waals surface area contributed by atoms with Crippen molar-refractivity contribution in [2.45, 2.75) is 41.5 Å². The molecule has 5 nitrogen and oxygen atoms in total. The van der Waals surface area contributed by atoms with E-state index in [0.29, 0.717) is 11.5 Å². The molecule has 0 saturated carbocycles. The quantitative estimate of drug-likeness (QED) is 0.135. The molecule has 8 rings (SSSR count). The van der Waals surface area contributed by atoms with Crippen LogP contribution in [-0.2, 0) is 21.1 Å². The standard InChI is InChI=1S/C50H42N4O.Pt/c1-33-14-10-15-34(2)48(33)39-24-25-51-47(29-39)54(42-20-8-7-9-21-42)43-22-13-23-44(30-43)55-45-27-40(26-41(28-45)49-35(3)16-11-17-36(49)4)46-31-53(32-52-46)50-37(5)18-12-19-38(50)6;/h7-26,28-29,31-32H,1-6H3;/q-2;+2. The van der Waals surface area contributed by atoms with Gasteiger partial charge in [0.05, 0.1) is 12.0 Å². The van der Waals surface area contributed by atoms with Gasteiger partial charge in [0.25, 0.3) is 0 Å². The van der Waals surface area contributed by atoms with Gasteiger partial charge in [-0.15, -0.1) is 29.8 Å². The van der Waals surface area contributed by atoms with Crippen molar-refractivity contribution in [1.82, 2.24) is 14.5 Å². The van der Waals surface area contributed by atoms with Crippen LogP contribution in [-0.4, -0.2) is 14.5 Å². The van der Waals surface area contributed by atoms with Crippen LogP contribution in [0, 0.1) is 53.7 Å². The molecule has 0 saturated heterocycles. The maximum absolute atomic E-state index is 6.71. The van der Waals surface area contributed by atoms with Crippen molar-refractivity contribution < 1.29 is 25.8 Å². The van der Waals surface area contributed by atoms with Gasteiger partial charge in [0, 0.05) is 29.1 Å². The molecule has 8 aromatic rings. The number of para-hydroxylation sites is 2. The number of rotatable bonds is 9. The van der Waals surface area contributed by atoms with Crippen molar-refractivity contribution in [3.63, 3.8) is 0 Å². The summed E-state index contributed by atoms with van der Waals surface area (Å²) in [7, 11) is 0. The van der Waals surface area contributed by atoms with Crippen molar-refractivity contribution in [3.05, 3.63) is 192 Å². The van der Waals surface area contributed by atoms with Gasteiger partial charge < -0.3 is 14.2 Å². The minimum absolute atomic E-state index is 0. The molecule has 0 radical (unpaired) electrons. The first-order chi connectivity index (χ1) is 26.7. The number of nitrogens with zero attached hydrogens (tertiary/aromatic N) is 4. The van der Waals surface area contributed by atoms with Gasteiger partial charge in [-0.25, -0.2) is 4.98 Å². The Hall–Kier alpha value is -6.03. The topological polar surface area (TPSA) is 43.2 Å². The van der Waals surface area contributed by atoms with Crippen LogP contribution >= 0.6 is 0 Å². The largest absolute Gasteiger partial charge is 2.00 e. The Morgan fingerprint density at radius 1 is 0.554 bits per heavy atom. The van der Waals surface area contributed by atoms with Crippen LogP contribution in [0.5, 0.6) is 11.5 Å². The maximum Gasteiger partial charge on any atom is 2.00 e. The number of pyridine rings is 1. The predicted molar refractivity (Wildman–Crippen MR) is 225 cm³/mol. The van der Waals surface area contributed by atoms with E-state index in [0.717, 1.165) is 45.3 Å². The van der Waals surface area contributed by atoms with Crippen LogP contribution in [0.25, 0.3) is 39.2 Å². The molecule has 0 atom stereocenters. The first kappa shape index (κ1) is 38.3. The van der Waals surface area contributed by atoms with Crippen molar-refractivity contribution in [3.8, 4) is 50.7 Å². The number of hydrogen-bond acceptors (Lipinski definition) is 4. The number of aromatic nitrogens is 3. The molecule has 0 unspecified atom stereocenters. The molecule has 0 amide bonds. The third-order valence-electron chi connectivity index (χ3n) is 10.1. The van der Waals surface area contributed by atoms with Gasteiger partial charge in [-0.05, 0) is 122 Å². The molecule has 6 heteroatoms. The number of aryl methyl sites for hydroxylation is 6. The van der Waals surface area contributed by atoms with E-state index in [-0.39, 0.29) is 21.1 Å². The summed E-state index contributed by atoms with van der Waals surface area (Å²) in [4.78, 5) is 11.9. The Morgan fingerprint density at radius 2 is 1.16 bits per heavy atom. The number of imidazole rings is 1. The number of hydrogen-bond donors (Lipinski definition) is 0. The Morgan fingerprint density at radius 3 is 1.82 bits per heavy atom. The average Bonchev–Trinajstić information content (AvgIpc) is 3.66. The Labute approximate surface area is 344 Å². The molecule has 0 aliphatic carbocycles. The maximum atomic E-state index is 6.71. The normalized spacial score (nSPS) is 10.9. The van der Waals surface area contributed by atoms with Gasteiger partial charge in [-0.1, -0.05) is 96.2 Å². The second-order valence-corrected chi connectivity index (χ2v) is 14.2. The summed E-state index contributed by atoms with van der Waals surface area (Å²) in [5.74, 6) is 1.92. The van der Waals surface area contributed by atoms with Gasteiger partial charge in [0.15, 0.2) is 0 Å². The van der Waals surface area contributed by atoms with Gasteiger partial charge in [-0.2, -0.15) is 6.07 Å². The Bertz CT molecular complexity index is 2600. The summed E-state index contributed by atoms with van der Waals surface area (Å²) in [6.45, 7) is 12.9. The van der Waals surface area contributed by atoms with Crippen LogP contribution in [0.15, 0.2) is 146 Å². The molecule has 6 aromatic carbocycles. The van der Waals surface area contributed by atoms with Crippen molar-refractivity contribution in [2.75, 3.05) is 4.90 Å². The summed E-state index contributed by atoms with van der Waals surface area (Å²) in [5, 5.41) is 0. The third kappa shape index (κ3) is 7.73. The van der Waals surface area contributed by atoms with E-state index < -0.39 is 0 Å². The minimum Gasteiger partial charge on any atom is -0.503 e. The molecule has 2 aromatic heterocycles. The van der Waals surface area contributed by atoms with Gasteiger partial charge in [-0.3, -0.25) is 4.98 Å². The fourth-order valence-corrected chi connectivity index (χ4v) is 7.63. The van der Waals surface area contributed by atoms with E-state index in [9.17, 15) is 0 Å². The average molecular weight is 910 g/mol. The molecule has 2 heterocycles. The molecule has 0 fully saturated rings. The van der Waals surface area contributed by atoms with E-state index in [1.807, 2.05) is 48.9 Å². The zero-order valence-electron chi connectivity index (χ0n) is 32.4. The fourth-order valence-electron chi connectivity index (χ4n) is 7.63. The van der Waals surface area contributed by atoms with E-state index in [1.54, 1.807) is 0 Å². The van der Waals surface area contributed by atoms with Crippen LogP contribution in [0.4, 0.5) is 17.2 Å². The van der Waals surface area contributed by atoms with E-state index in [4.69, 9.17) is 14.7 Å². The number of ether oxygens (including phenoxy) is 1. The number of anilines is 3. The molecular formula is C50H42N4OPt. The second kappa shape index (κ2) is 16.4. The van der Waals surface area contributed by atoms with Gasteiger partial charge in [0.2, 0.25) is 0 Å². The smallest absolute Gasteiger partial charge is 0.503 e. The summed E-state index contributed by atoms with van der Waals surface area (Å²) in [6, 6.07) is 50.9. The fraction of sp³-hybridized carbons (Fsp3) is 0.120. The van der Waals surface area contributed by atoms with Gasteiger partial charge >= 0.3 is 21.1 Å². The van der Waals surface area contributed by atoms with Crippen molar-refractivity contribution >= 4 is 17.2 Å².